The van der Waals surface area contributed by atoms with Gasteiger partial charge in [-0.05, 0) is 17.7 Å². The summed E-state index contributed by atoms with van der Waals surface area (Å²) in [7, 11) is -4.50. The van der Waals surface area contributed by atoms with Crippen LogP contribution in [0.3, 0.4) is 0 Å². The largest absolute Gasteiger partial charge is 0.448 e. The van der Waals surface area contributed by atoms with E-state index in [0.29, 0.717) is 0 Å². The van der Waals surface area contributed by atoms with Crippen LogP contribution in [0.2, 0.25) is 0 Å². The highest BCUT2D eigenvalue weighted by molar-refractivity contribution is 7.89. The predicted octanol–water partition coefficient (Wildman–Crippen LogP) is -0.243. The third kappa shape index (κ3) is 2.19. The second kappa shape index (κ2) is 4.26. The molecule has 0 bridgehead atoms. The lowest BCUT2D eigenvalue weighted by molar-refractivity contribution is -0.139. The number of ether oxygens (including phenoxy) is 1. The molecular weight excluding hydrogens is 270 g/mol. The number of cyclic esters (lactones) is 1. The first-order valence-corrected chi connectivity index (χ1v) is 6.27. The minimum atomic E-state index is -4.50. The van der Waals surface area contributed by atoms with E-state index in [4.69, 9.17) is 0 Å². The van der Waals surface area contributed by atoms with E-state index in [2.05, 4.69) is 15.2 Å². The number of primary sulfonamides is 1. The van der Waals surface area contributed by atoms with Crippen molar-refractivity contribution >= 4 is 16.0 Å². The lowest BCUT2D eigenvalue weighted by Crippen LogP contribution is -2.20. The number of nitrogens with one attached hydrogen (secondary N) is 1. The molecule has 18 heavy (non-hydrogen) atoms. The molecule has 9 heteroatoms. The van der Waals surface area contributed by atoms with Crippen molar-refractivity contribution in [3.05, 3.63) is 29.3 Å². The molecule has 1 aromatic rings. The van der Waals surface area contributed by atoms with Crippen LogP contribution >= 0.6 is 0 Å². The Kier molecular flexibility index (Phi) is 3.05. The number of hydrogen-bond acceptors (Lipinski definition) is 5. The quantitative estimate of drug-likeness (QED) is 0.727. The molecule has 1 atom stereocenters. The number of rotatable bonds is 2. The molecule has 1 unspecified atom stereocenters. The SMILES string of the molecule is NS(=O)(=O)c1c(F)cc(C2NCOC2=O)cc1F. The van der Waals surface area contributed by atoms with Gasteiger partial charge in [0.05, 0.1) is 0 Å². The van der Waals surface area contributed by atoms with Gasteiger partial charge < -0.3 is 4.74 Å². The zero-order chi connectivity index (χ0) is 13.5. The van der Waals surface area contributed by atoms with Crippen LogP contribution < -0.4 is 10.5 Å². The van der Waals surface area contributed by atoms with E-state index in [1.807, 2.05) is 0 Å². The van der Waals surface area contributed by atoms with Crippen LogP contribution in [-0.4, -0.2) is 21.1 Å². The van der Waals surface area contributed by atoms with Crippen molar-refractivity contribution < 1.29 is 26.7 Å². The molecule has 0 spiro atoms. The van der Waals surface area contributed by atoms with E-state index in [1.165, 1.54) is 0 Å². The van der Waals surface area contributed by atoms with Crippen LogP contribution in [-0.2, 0) is 19.6 Å². The van der Waals surface area contributed by atoms with Crippen LogP contribution in [0.25, 0.3) is 0 Å². The lowest BCUT2D eigenvalue weighted by atomic mass is 10.1. The van der Waals surface area contributed by atoms with E-state index in [9.17, 15) is 22.0 Å². The Morgan fingerprint density at radius 3 is 2.28 bits per heavy atom. The summed E-state index contributed by atoms with van der Waals surface area (Å²) in [5.41, 5.74) is -0.0695. The molecule has 98 valence electrons. The lowest BCUT2D eigenvalue weighted by Gasteiger charge is -2.09. The Bertz CT molecular complexity index is 594. The summed E-state index contributed by atoms with van der Waals surface area (Å²) in [6, 6.07) is 0.434. The van der Waals surface area contributed by atoms with Crippen LogP contribution in [0.4, 0.5) is 8.78 Å². The van der Waals surface area contributed by atoms with E-state index in [0.717, 1.165) is 12.1 Å². The fraction of sp³-hybridized carbons (Fsp3) is 0.222. The molecule has 2 rings (SSSR count). The normalized spacial score (nSPS) is 19.9. The highest BCUT2D eigenvalue weighted by atomic mass is 32.2. The highest BCUT2D eigenvalue weighted by Gasteiger charge is 2.30. The first-order chi connectivity index (χ1) is 8.30. The number of halogens is 2. The van der Waals surface area contributed by atoms with Crippen molar-refractivity contribution in [3.63, 3.8) is 0 Å². The number of esters is 1. The minimum absolute atomic E-state index is 0.0695. The van der Waals surface area contributed by atoms with Crippen molar-refractivity contribution in [1.29, 1.82) is 0 Å². The molecule has 0 aliphatic carbocycles. The van der Waals surface area contributed by atoms with Crippen LogP contribution in [0.15, 0.2) is 17.0 Å². The fourth-order valence-corrected chi connectivity index (χ4v) is 2.30. The van der Waals surface area contributed by atoms with E-state index in [-0.39, 0.29) is 12.3 Å². The summed E-state index contributed by atoms with van der Waals surface area (Å²) < 4.78 is 53.5. The van der Waals surface area contributed by atoms with Crippen molar-refractivity contribution in [2.75, 3.05) is 6.73 Å². The van der Waals surface area contributed by atoms with Crippen molar-refractivity contribution in [1.82, 2.24) is 5.32 Å². The Labute approximate surface area is 101 Å². The third-order valence-corrected chi connectivity index (χ3v) is 3.34. The molecule has 1 fully saturated rings. The number of sulfonamides is 1. The number of nitrogens with two attached hydrogens (primary N) is 1. The predicted molar refractivity (Wildman–Crippen MR) is 54.6 cm³/mol. The van der Waals surface area contributed by atoms with Crippen molar-refractivity contribution in [2.24, 2.45) is 5.14 Å². The molecule has 1 saturated heterocycles. The van der Waals surface area contributed by atoms with Gasteiger partial charge in [-0.2, -0.15) is 0 Å². The molecular formula is C9H8F2N2O4S. The van der Waals surface area contributed by atoms with Crippen molar-refractivity contribution in [2.45, 2.75) is 10.9 Å². The van der Waals surface area contributed by atoms with Gasteiger partial charge in [-0.1, -0.05) is 0 Å². The van der Waals surface area contributed by atoms with Gasteiger partial charge in [-0.15, -0.1) is 0 Å². The van der Waals surface area contributed by atoms with Gasteiger partial charge in [0.25, 0.3) is 0 Å². The van der Waals surface area contributed by atoms with Gasteiger partial charge in [0, 0.05) is 0 Å². The maximum atomic E-state index is 13.5. The summed E-state index contributed by atoms with van der Waals surface area (Å²) in [5, 5.41) is 7.22. The van der Waals surface area contributed by atoms with Gasteiger partial charge >= 0.3 is 5.97 Å². The minimum Gasteiger partial charge on any atom is -0.448 e. The number of carbonyl (C=O) groups excluding carboxylic acids is 1. The highest BCUT2D eigenvalue weighted by Crippen LogP contribution is 2.25. The second-order valence-corrected chi connectivity index (χ2v) is 5.10. The summed E-state index contributed by atoms with van der Waals surface area (Å²) in [5.74, 6) is -3.40. The summed E-state index contributed by atoms with van der Waals surface area (Å²) >= 11 is 0. The Morgan fingerprint density at radius 2 is 1.89 bits per heavy atom. The van der Waals surface area contributed by atoms with Gasteiger partial charge in [0.2, 0.25) is 10.0 Å². The molecule has 6 nitrogen and oxygen atoms in total. The van der Waals surface area contributed by atoms with Crippen LogP contribution in [0.1, 0.15) is 11.6 Å². The van der Waals surface area contributed by atoms with Gasteiger partial charge in [-0.25, -0.2) is 27.1 Å². The van der Waals surface area contributed by atoms with E-state index < -0.39 is 38.6 Å². The van der Waals surface area contributed by atoms with Crippen LogP contribution in [0, 0.1) is 11.6 Å². The smallest absolute Gasteiger partial charge is 0.329 e. The zero-order valence-electron chi connectivity index (χ0n) is 8.81. The van der Waals surface area contributed by atoms with Crippen LogP contribution in [0.5, 0.6) is 0 Å². The summed E-state index contributed by atoms with van der Waals surface area (Å²) in [6.07, 6.45) is 0. The first-order valence-electron chi connectivity index (χ1n) is 4.72. The van der Waals surface area contributed by atoms with E-state index in [1.54, 1.807) is 0 Å². The molecule has 1 aliphatic heterocycles. The average molecular weight is 278 g/mol. The molecule has 0 aromatic heterocycles. The summed E-state index contributed by atoms with van der Waals surface area (Å²) in [6.45, 7) is -0.0797. The topological polar surface area (TPSA) is 98.5 Å². The molecule has 1 aromatic carbocycles. The molecule has 0 amide bonds. The Balaban J connectivity index is 2.52. The van der Waals surface area contributed by atoms with E-state index >= 15 is 0 Å². The third-order valence-electron chi connectivity index (χ3n) is 2.38. The number of benzene rings is 1. The number of hydrogen-bond donors (Lipinski definition) is 2. The summed E-state index contributed by atoms with van der Waals surface area (Å²) in [4.78, 5) is 9.98. The standard InChI is InChI=1S/C9H8F2N2O4S/c10-5-1-4(7-9(14)17-3-13-7)2-6(11)8(5)18(12,15)16/h1-2,7,13H,3H2,(H2,12,15,16). The monoisotopic (exact) mass is 278 g/mol. The average Bonchev–Trinajstić information content (AvgIpc) is 2.60. The maximum Gasteiger partial charge on any atom is 0.329 e. The van der Waals surface area contributed by atoms with Gasteiger partial charge in [0.1, 0.15) is 24.4 Å². The second-order valence-electron chi connectivity index (χ2n) is 3.60. The zero-order valence-corrected chi connectivity index (χ0v) is 9.63. The van der Waals surface area contributed by atoms with Gasteiger partial charge in [0.15, 0.2) is 4.90 Å². The molecule has 0 saturated carbocycles. The maximum absolute atomic E-state index is 13.5. The fourth-order valence-electron chi connectivity index (χ4n) is 1.63. The molecule has 1 aliphatic rings. The number of carbonyl (C=O) groups is 1. The van der Waals surface area contributed by atoms with Crippen molar-refractivity contribution in [3.8, 4) is 0 Å². The first kappa shape index (κ1) is 12.9. The Morgan fingerprint density at radius 1 is 1.33 bits per heavy atom. The van der Waals surface area contributed by atoms with Gasteiger partial charge in [-0.3, -0.25) is 5.32 Å². The molecule has 0 radical (unpaired) electrons. The Hall–Kier alpha value is -1.58. The molecule has 3 N–H and O–H groups in total. The molecule has 1 heterocycles.